The van der Waals surface area contributed by atoms with Crippen LogP contribution in [-0.4, -0.2) is 72.1 Å². The van der Waals surface area contributed by atoms with Crippen LogP contribution in [0.1, 0.15) is 12.8 Å². The predicted octanol–water partition coefficient (Wildman–Crippen LogP) is -1.60. The standard InChI is InChI=1S/C11H19N3O3/c1-13-3-2-4-14(7-10(13)16)11(17)9-5-8(15)6-12-9/h8-9,12,15H,2-7H2,1H3. The lowest BCUT2D eigenvalue weighted by Gasteiger charge is -2.23. The van der Waals surface area contributed by atoms with E-state index in [0.717, 1.165) is 6.42 Å². The number of aliphatic hydroxyl groups excluding tert-OH is 1. The molecule has 17 heavy (non-hydrogen) atoms. The first kappa shape index (κ1) is 12.3. The van der Waals surface area contributed by atoms with Gasteiger partial charge in [0.15, 0.2) is 0 Å². The lowest BCUT2D eigenvalue weighted by molar-refractivity contribution is -0.139. The van der Waals surface area contributed by atoms with Gasteiger partial charge >= 0.3 is 0 Å². The molecule has 96 valence electrons. The van der Waals surface area contributed by atoms with E-state index < -0.39 is 6.10 Å². The van der Waals surface area contributed by atoms with E-state index in [1.807, 2.05) is 0 Å². The van der Waals surface area contributed by atoms with Gasteiger partial charge in [-0.05, 0) is 12.8 Å². The summed E-state index contributed by atoms with van der Waals surface area (Å²) in [6.45, 7) is 1.92. The van der Waals surface area contributed by atoms with Gasteiger partial charge in [-0.1, -0.05) is 0 Å². The van der Waals surface area contributed by atoms with Crippen molar-refractivity contribution in [3.63, 3.8) is 0 Å². The molecule has 2 amide bonds. The van der Waals surface area contributed by atoms with Gasteiger partial charge in [0, 0.05) is 26.7 Å². The smallest absolute Gasteiger partial charge is 0.241 e. The van der Waals surface area contributed by atoms with Crippen LogP contribution in [0.4, 0.5) is 0 Å². The highest BCUT2D eigenvalue weighted by atomic mass is 16.3. The van der Waals surface area contributed by atoms with Gasteiger partial charge < -0.3 is 20.2 Å². The molecule has 0 aliphatic carbocycles. The molecule has 2 saturated heterocycles. The summed E-state index contributed by atoms with van der Waals surface area (Å²) in [5.74, 6) is -0.0837. The van der Waals surface area contributed by atoms with E-state index in [1.165, 1.54) is 0 Å². The number of carbonyl (C=O) groups excluding carboxylic acids is 2. The fourth-order valence-corrected chi connectivity index (χ4v) is 2.30. The number of β-amino-alcohol motifs (C(OH)–C–C–N with tert-alkyl or cyclic N) is 1. The van der Waals surface area contributed by atoms with Crippen LogP contribution in [0.25, 0.3) is 0 Å². The lowest BCUT2D eigenvalue weighted by Crippen LogP contribution is -2.46. The van der Waals surface area contributed by atoms with Crippen molar-refractivity contribution in [1.82, 2.24) is 15.1 Å². The molecular weight excluding hydrogens is 222 g/mol. The topological polar surface area (TPSA) is 72.9 Å². The van der Waals surface area contributed by atoms with E-state index in [9.17, 15) is 14.7 Å². The van der Waals surface area contributed by atoms with Gasteiger partial charge in [0.05, 0.1) is 18.7 Å². The Balaban J connectivity index is 1.97. The molecule has 2 N–H and O–H groups in total. The minimum Gasteiger partial charge on any atom is -0.392 e. The van der Waals surface area contributed by atoms with Crippen LogP contribution in [0.2, 0.25) is 0 Å². The maximum atomic E-state index is 12.1. The second kappa shape index (κ2) is 5.01. The molecule has 2 heterocycles. The molecule has 0 aromatic heterocycles. The number of hydrogen-bond donors (Lipinski definition) is 2. The largest absolute Gasteiger partial charge is 0.392 e. The van der Waals surface area contributed by atoms with Gasteiger partial charge in [0.25, 0.3) is 0 Å². The molecular formula is C11H19N3O3. The molecule has 6 heteroatoms. The van der Waals surface area contributed by atoms with Crippen molar-refractivity contribution < 1.29 is 14.7 Å². The maximum Gasteiger partial charge on any atom is 0.241 e. The number of rotatable bonds is 1. The van der Waals surface area contributed by atoms with Gasteiger partial charge in [0.2, 0.25) is 11.8 Å². The fourth-order valence-electron chi connectivity index (χ4n) is 2.30. The molecule has 0 bridgehead atoms. The average molecular weight is 241 g/mol. The second-order valence-electron chi connectivity index (χ2n) is 4.78. The molecule has 2 aliphatic rings. The van der Waals surface area contributed by atoms with Gasteiger partial charge in [-0.3, -0.25) is 9.59 Å². The zero-order valence-electron chi connectivity index (χ0n) is 10.1. The first-order valence-electron chi connectivity index (χ1n) is 6.02. The molecule has 6 nitrogen and oxygen atoms in total. The van der Waals surface area contributed by atoms with Crippen molar-refractivity contribution in [1.29, 1.82) is 0 Å². The van der Waals surface area contributed by atoms with Crippen LogP contribution < -0.4 is 5.32 Å². The van der Waals surface area contributed by atoms with Crippen LogP contribution in [-0.2, 0) is 9.59 Å². The average Bonchev–Trinajstić information content (AvgIpc) is 2.65. The zero-order valence-corrected chi connectivity index (χ0v) is 10.1. The van der Waals surface area contributed by atoms with Gasteiger partial charge in [0.1, 0.15) is 0 Å². The molecule has 2 aliphatic heterocycles. The summed E-state index contributed by atoms with van der Waals surface area (Å²) in [5, 5.41) is 12.4. The molecule has 2 atom stereocenters. The van der Waals surface area contributed by atoms with Gasteiger partial charge in [-0.15, -0.1) is 0 Å². The Bertz CT molecular complexity index is 321. The third-order valence-corrected chi connectivity index (χ3v) is 3.39. The molecule has 2 fully saturated rings. The minimum atomic E-state index is -0.450. The Morgan fingerprint density at radius 3 is 2.88 bits per heavy atom. The van der Waals surface area contributed by atoms with Crippen molar-refractivity contribution in [3.05, 3.63) is 0 Å². The van der Waals surface area contributed by atoms with Crippen LogP contribution in [0.5, 0.6) is 0 Å². The highest BCUT2D eigenvalue weighted by Gasteiger charge is 2.33. The normalized spacial score (nSPS) is 30.6. The fraction of sp³-hybridized carbons (Fsp3) is 0.818. The first-order valence-corrected chi connectivity index (χ1v) is 6.02. The Hall–Kier alpha value is -1.14. The SMILES string of the molecule is CN1CCCN(C(=O)C2CC(O)CN2)CC1=O. The van der Waals surface area contributed by atoms with Gasteiger partial charge in [-0.25, -0.2) is 0 Å². The molecule has 0 spiro atoms. The third-order valence-electron chi connectivity index (χ3n) is 3.39. The van der Waals surface area contributed by atoms with Crippen molar-refractivity contribution in [2.45, 2.75) is 25.0 Å². The minimum absolute atomic E-state index is 0.0191. The van der Waals surface area contributed by atoms with E-state index in [2.05, 4.69) is 5.32 Å². The Morgan fingerprint density at radius 1 is 1.47 bits per heavy atom. The Kier molecular flexibility index (Phi) is 3.63. The highest BCUT2D eigenvalue weighted by Crippen LogP contribution is 2.11. The first-order chi connectivity index (χ1) is 8.08. The number of aliphatic hydroxyl groups is 1. The van der Waals surface area contributed by atoms with Crippen LogP contribution in [0.3, 0.4) is 0 Å². The summed E-state index contributed by atoms with van der Waals surface area (Å²) in [4.78, 5) is 27.1. The van der Waals surface area contributed by atoms with Crippen LogP contribution in [0, 0.1) is 0 Å². The molecule has 2 rings (SSSR count). The predicted molar refractivity (Wildman–Crippen MR) is 61.2 cm³/mol. The van der Waals surface area contributed by atoms with Gasteiger partial charge in [-0.2, -0.15) is 0 Å². The number of nitrogens with one attached hydrogen (secondary N) is 1. The monoisotopic (exact) mass is 241 g/mol. The molecule has 0 aromatic rings. The maximum absolute atomic E-state index is 12.1. The van der Waals surface area contributed by atoms with E-state index >= 15 is 0 Å². The molecule has 0 radical (unpaired) electrons. The van der Waals surface area contributed by atoms with Crippen molar-refractivity contribution >= 4 is 11.8 Å². The summed E-state index contributed by atoms with van der Waals surface area (Å²) in [6.07, 6.45) is 0.803. The summed E-state index contributed by atoms with van der Waals surface area (Å²) in [7, 11) is 1.76. The Morgan fingerprint density at radius 2 is 2.24 bits per heavy atom. The van der Waals surface area contributed by atoms with E-state index in [-0.39, 0.29) is 24.4 Å². The second-order valence-corrected chi connectivity index (χ2v) is 4.78. The third kappa shape index (κ3) is 2.76. The summed E-state index contributed by atoms with van der Waals surface area (Å²) in [5.41, 5.74) is 0. The van der Waals surface area contributed by atoms with E-state index in [0.29, 0.717) is 26.1 Å². The van der Waals surface area contributed by atoms with Crippen LogP contribution >= 0.6 is 0 Å². The van der Waals surface area contributed by atoms with Crippen molar-refractivity contribution in [2.75, 3.05) is 33.2 Å². The number of hydrogen-bond acceptors (Lipinski definition) is 4. The quantitative estimate of drug-likeness (QED) is 0.580. The van der Waals surface area contributed by atoms with Crippen molar-refractivity contribution in [3.8, 4) is 0 Å². The van der Waals surface area contributed by atoms with E-state index in [1.54, 1.807) is 16.8 Å². The number of likely N-dealkylation sites (N-methyl/N-ethyl adjacent to an activating group) is 1. The van der Waals surface area contributed by atoms with E-state index in [4.69, 9.17) is 0 Å². The number of carbonyl (C=O) groups is 2. The Labute approximate surface area is 101 Å². The summed E-state index contributed by atoms with van der Waals surface area (Å²) < 4.78 is 0. The molecule has 0 aromatic carbocycles. The summed E-state index contributed by atoms with van der Waals surface area (Å²) in [6, 6.07) is -0.332. The number of amides is 2. The summed E-state index contributed by atoms with van der Waals surface area (Å²) >= 11 is 0. The molecule has 2 unspecified atom stereocenters. The van der Waals surface area contributed by atoms with Crippen molar-refractivity contribution in [2.24, 2.45) is 0 Å². The van der Waals surface area contributed by atoms with Crippen LogP contribution in [0.15, 0.2) is 0 Å². The number of nitrogens with zero attached hydrogens (tertiary/aromatic N) is 2. The highest BCUT2D eigenvalue weighted by molar-refractivity contribution is 5.88. The zero-order chi connectivity index (χ0) is 12.4. The lowest BCUT2D eigenvalue weighted by atomic mass is 10.1. The molecule has 0 saturated carbocycles.